The highest BCUT2D eigenvalue weighted by Gasteiger charge is 2.34. The van der Waals surface area contributed by atoms with E-state index >= 15 is 0 Å². The Bertz CT molecular complexity index is 494. The van der Waals surface area contributed by atoms with Gasteiger partial charge in [-0.1, -0.05) is 37.5 Å². The fourth-order valence-corrected chi connectivity index (χ4v) is 3.17. The number of hydrogen-bond acceptors (Lipinski definition) is 3. The van der Waals surface area contributed by atoms with Crippen LogP contribution in [0.25, 0.3) is 0 Å². The molecule has 1 aliphatic rings. The lowest BCUT2D eigenvalue weighted by atomic mass is 9.80. The monoisotopic (exact) mass is 304 g/mol. The summed E-state index contributed by atoms with van der Waals surface area (Å²) in [7, 11) is 4.22. The van der Waals surface area contributed by atoms with Crippen LogP contribution in [-0.4, -0.2) is 43.6 Å². The molecule has 0 heterocycles. The van der Waals surface area contributed by atoms with Crippen LogP contribution in [0.3, 0.4) is 0 Å². The van der Waals surface area contributed by atoms with Crippen molar-refractivity contribution in [2.24, 2.45) is 0 Å². The zero-order valence-electron chi connectivity index (χ0n) is 14.0. The van der Waals surface area contributed by atoms with Gasteiger partial charge in [-0.25, -0.2) is 0 Å². The number of nitrogens with one attached hydrogen (secondary N) is 1. The molecule has 1 N–H and O–H groups in total. The van der Waals surface area contributed by atoms with E-state index in [1.165, 1.54) is 19.3 Å². The molecule has 4 nitrogen and oxygen atoms in total. The van der Waals surface area contributed by atoms with E-state index in [4.69, 9.17) is 4.74 Å². The highest BCUT2D eigenvalue weighted by atomic mass is 16.5. The molecule has 2 rings (SSSR count). The molecule has 0 aromatic heterocycles. The molecular weight excluding hydrogens is 276 g/mol. The van der Waals surface area contributed by atoms with Crippen molar-refractivity contribution < 1.29 is 9.53 Å². The quantitative estimate of drug-likeness (QED) is 0.878. The molecule has 1 aliphatic carbocycles. The number of amides is 1. The maximum atomic E-state index is 12.1. The van der Waals surface area contributed by atoms with Gasteiger partial charge < -0.3 is 15.0 Å². The van der Waals surface area contributed by atoms with Gasteiger partial charge in [0.2, 0.25) is 0 Å². The zero-order valence-corrected chi connectivity index (χ0v) is 14.0. The van der Waals surface area contributed by atoms with Crippen LogP contribution in [0.5, 0.6) is 5.75 Å². The SMILES string of the molecule is Cc1ccccc1OCC(=O)NCC1(N(C)C)CCCCC1. The second kappa shape index (κ2) is 7.63. The normalized spacial score (nSPS) is 17.3. The highest BCUT2D eigenvalue weighted by Crippen LogP contribution is 2.31. The lowest BCUT2D eigenvalue weighted by molar-refractivity contribution is -0.123. The van der Waals surface area contributed by atoms with Gasteiger partial charge >= 0.3 is 0 Å². The van der Waals surface area contributed by atoms with Crippen LogP contribution in [0.1, 0.15) is 37.7 Å². The van der Waals surface area contributed by atoms with E-state index in [0.717, 1.165) is 24.2 Å². The Kier molecular flexibility index (Phi) is 5.83. The Labute approximate surface area is 133 Å². The number of para-hydroxylation sites is 1. The summed E-state index contributed by atoms with van der Waals surface area (Å²) >= 11 is 0. The third kappa shape index (κ3) is 4.23. The number of aryl methyl sites for hydroxylation is 1. The van der Waals surface area contributed by atoms with Gasteiger partial charge in [0.1, 0.15) is 5.75 Å². The first-order valence-corrected chi connectivity index (χ1v) is 8.16. The van der Waals surface area contributed by atoms with Crippen LogP contribution in [0.2, 0.25) is 0 Å². The van der Waals surface area contributed by atoms with Crippen LogP contribution in [0, 0.1) is 6.92 Å². The molecule has 0 aliphatic heterocycles. The first kappa shape index (κ1) is 16.8. The Balaban J connectivity index is 1.83. The lowest BCUT2D eigenvalue weighted by Crippen LogP contribution is -2.54. The summed E-state index contributed by atoms with van der Waals surface area (Å²) in [5.41, 5.74) is 1.16. The lowest BCUT2D eigenvalue weighted by Gasteiger charge is -2.43. The van der Waals surface area contributed by atoms with Crippen molar-refractivity contribution in [3.8, 4) is 5.75 Å². The molecule has 1 aromatic carbocycles. The van der Waals surface area contributed by atoms with Gasteiger partial charge in [-0.3, -0.25) is 4.79 Å². The van der Waals surface area contributed by atoms with Gasteiger partial charge in [0.05, 0.1) is 0 Å². The van der Waals surface area contributed by atoms with Crippen molar-refractivity contribution in [2.75, 3.05) is 27.2 Å². The molecule has 22 heavy (non-hydrogen) atoms. The van der Waals surface area contributed by atoms with Gasteiger partial charge in [0, 0.05) is 12.1 Å². The van der Waals surface area contributed by atoms with Crippen LogP contribution < -0.4 is 10.1 Å². The van der Waals surface area contributed by atoms with Crippen LogP contribution in [0.4, 0.5) is 0 Å². The van der Waals surface area contributed by atoms with Gasteiger partial charge in [0.15, 0.2) is 6.61 Å². The highest BCUT2D eigenvalue weighted by molar-refractivity contribution is 5.77. The fraction of sp³-hybridized carbons (Fsp3) is 0.611. The van der Waals surface area contributed by atoms with Gasteiger partial charge in [0.25, 0.3) is 5.91 Å². The molecule has 4 heteroatoms. The summed E-state index contributed by atoms with van der Waals surface area (Å²) in [6.45, 7) is 2.76. The molecule has 0 radical (unpaired) electrons. The first-order chi connectivity index (χ1) is 10.5. The number of carbonyl (C=O) groups excluding carboxylic acids is 1. The van der Waals surface area contributed by atoms with Gasteiger partial charge in [-0.05, 0) is 45.5 Å². The van der Waals surface area contributed by atoms with E-state index < -0.39 is 0 Å². The number of carbonyl (C=O) groups is 1. The number of nitrogens with zero attached hydrogens (tertiary/aromatic N) is 1. The predicted octanol–water partition coefficient (Wildman–Crippen LogP) is 2.75. The number of benzene rings is 1. The van der Waals surface area contributed by atoms with Crippen molar-refractivity contribution in [3.05, 3.63) is 29.8 Å². The van der Waals surface area contributed by atoms with E-state index in [1.54, 1.807) is 0 Å². The maximum absolute atomic E-state index is 12.1. The molecule has 0 atom stereocenters. The van der Waals surface area contributed by atoms with Gasteiger partial charge in [-0.15, -0.1) is 0 Å². The molecule has 1 amide bonds. The smallest absolute Gasteiger partial charge is 0.258 e. The topological polar surface area (TPSA) is 41.6 Å². The number of rotatable bonds is 6. The Morgan fingerprint density at radius 2 is 1.91 bits per heavy atom. The van der Waals surface area contributed by atoms with Crippen molar-refractivity contribution >= 4 is 5.91 Å². The molecule has 1 aromatic rings. The second-order valence-electron chi connectivity index (χ2n) is 6.51. The molecular formula is C18H28N2O2. The fourth-order valence-electron chi connectivity index (χ4n) is 3.17. The Hall–Kier alpha value is -1.55. The number of likely N-dealkylation sites (N-methyl/N-ethyl adjacent to an activating group) is 1. The first-order valence-electron chi connectivity index (χ1n) is 8.16. The minimum absolute atomic E-state index is 0.0462. The number of ether oxygens (including phenoxy) is 1. The minimum atomic E-state index is -0.0462. The van der Waals surface area contributed by atoms with Crippen molar-refractivity contribution in [2.45, 2.75) is 44.6 Å². The van der Waals surface area contributed by atoms with E-state index in [1.807, 2.05) is 31.2 Å². The summed E-state index contributed by atoms with van der Waals surface area (Å²) in [6.07, 6.45) is 6.10. The van der Waals surface area contributed by atoms with E-state index in [-0.39, 0.29) is 18.1 Å². The molecule has 0 bridgehead atoms. The zero-order chi connectivity index (χ0) is 16.0. The Morgan fingerprint density at radius 1 is 1.23 bits per heavy atom. The molecule has 122 valence electrons. The number of hydrogen-bond donors (Lipinski definition) is 1. The van der Waals surface area contributed by atoms with Crippen molar-refractivity contribution in [1.29, 1.82) is 0 Å². The summed E-state index contributed by atoms with van der Waals surface area (Å²) < 4.78 is 5.61. The minimum Gasteiger partial charge on any atom is -0.484 e. The van der Waals surface area contributed by atoms with Crippen molar-refractivity contribution in [3.63, 3.8) is 0 Å². The Morgan fingerprint density at radius 3 is 2.55 bits per heavy atom. The van der Waals surface area contributed by atoms with E-state index in [0.29, 0.717) is 6.54 Å². The molecule has 0 unspecified atom stereocenters. The molecule has 1 fully saturated rings. The average Bonchev–Trinajstić information content (AvgIpc) is 2.53. The summed E-state index contributed by atoms with van der Waals surface area (Å²) in [6, 6.07) is 7.76. The summed E-state index contributed by atoms with van der Waals surface area (Å²) in [4.78, 5) is 14.4. The van der Waals surface area contributed by atoms with Crippen LogP contribution in [0.15, 0.2) is 24.3 Å². The molecule has 0 saturated heterocycles. The predicted molar refractivity (Wildman–Crippen MR) is 89.2 cm³/mol. The molecule has 1 saturated carbocycles. The van der Waals surface area contributed by atoms with E-state index in [2.05, 4.69) is 24.3 Å². The van der Waals surface area contributed by atoms with Crippen LogP contribution >= 0.6 is 0 Å². The van der Waals surface area contributed by atoms with Crippen molar-refractivity contribution in [1.82, 2.24) is 10.2 Å². The largest absolute Gasteiger partial charge is 0.484 e. The van der Waals surface area contributed by atoms with Crippen LogP contribution in [-0.2, 0) is 4.79 Å². The average molecular weight is 304 g/mol. The summed E-state index contributed by atoms with van der Waals surface area (Å²) in [5.74, 6) is 0.729. The molecule has 0 spiro atoms. The van der Waals surface area contributed by atoms with Gasteiger partial charge in [-0.2, -0.15) is 0 Å². The third-order valence-corrected chi connectivity index (χ3v) is 4.80. The standard InChI is InChI=1S/C18H28N2O2/c1-15-9-5-6-10-16(15)22-13-17(21)19-14-18(20(2)3)11-7-4-8-12-18/h5-6,9-10H,4,7-8,11-14H2,1-3H3,(H,19,21). The van der Waals surface area contributed by atoms with E-state index in [9.17, 15) is 4.79 Å². The maximum Gasteiger partial charge on any atom is 0.258 e. The third-order valence-electron chi connectivity index (χ3n) is 4.80. The second-order valence-corrected chi connectivity index (χ2v) is 6.51. The summed E-state index contributed by atoms with van der Waals surface area (Å²) in [5, 5.41) is 3.06.